The fourth-order valence-corrected chi connectivity index (χ4v) is 2.96. The number of halogens is 1. The van der Waals surface area contributed by atoms with Crippen LogP contribution in [0, 0.1) is 0 Å². The van der Waals surface area contributed by atoms with E-state index in [1.165, 1.54) is 0 Å². The van der Waals surface area contributed by atoms with E-state index in [9.17, 15) is 4.21 Å². The number of rotatable bonds is 4. The molecule has 112 valence electrons. The third-order valence-electron chi connectivity index (χ3n) is 3.39. The number of benzene rings is 2. The van der Waals surface area contributed by atoms with Crippen molar-refractivity contribution in [3.05, 3.63) is 77.4 Å². The molecule has 0 aliphatic heterocycles. The SMILES string of the molecule is O=S(O)Cc1ccc(-c2cccn2-c2ccc(Cl)cc2)cc1. The van der Waals surface area contributed by atoms with Crippen molar-refractivity contribution >= 4 is 22.7 Å². The highest BCUT2D eigenvalue weighted by Crippen LogP contribution is 2.25. The van der Waals surface area contributed by atoms with Crippen molar-refractivity contribution in [2.45, 2.75) is 5.75 Å². The molecule has 0 bridgehead atoms. The minimum atomic E-state index is -1.81. The Kier molecular flexibility index (Phi) is 4.43. The Hall–Kier alpha value is -1.88. The Labute approximate surface area is 136 Å². The van der Waals surface area contributed by atoms with E-state index >= 15 is 0 Å². The molecule has 1 heterocycles. The largest absolute Gasteiger partial charge is 0.317 e. The first-order chi connectivity index (χ1) is 10.6. The van der Waals surface area contributed by atoms with Crippen LogP contribution in [0.15, 0.2) is 66.9 Å². The van der Waals surface area contributed by atoms with Gasteiger partial charge in [-0.15, -0.1) is 0 Å². The standard InChI is InChI=1S/C17H14ClNO2S/c18-15-7-9-16(10-8-15)19-11-1-2-17(19)14-5-3-13(4-6-14)12-22(20)21/h1-11H,12H2,(H,20,21). The van der Waals surface area contributed by atoms with Gasteiger partial charge < -0.3 is 9.12 Å². The maximum absolute atomic E-state index is 10.8. The molecule has 0 saturated carbocycles. The summed E-state index contributed by atoms with van der Waals surface area (Å²) in [5.74, 6) is 0.151. The zero-order valence-corrected chi connectivity index (χ0v) is 13.2. The van der Waals surface area contributed by atoms with Gasteiger partial charge in [-0.25, -0.2) is 4.21 Å². The van der Waals surface area contributed by atoms with Crippen molar-refractivity contribution in [3.8, 4) is 16.9 Å². The normalized spacial score (nSPS) is 12.3. The predicted octanol–water partition coefficient (Wildman–Crippen LogP) is 4.52. The smallest absolute Gasteiger partial charge is 0.157 e. The van der Waals surface area contributed by atoms with E-state index in [4.69, 9.17) is 16.2 Å². The lowest BCUT2D eigenvalue weighted by Gasteiger charge is -2.10. The second-order valence-corrected chi connectivity index (χ2v) is 6.27. The van der Waals surface area contributed by atoms with Crippen LogP contribution in [0.2, 0.25) is 5.02 Å². The minimum Gasteiger partial charge on any atom is -0.317 e. The van der Waals surface area contributed by atoms with Crippen molar-refractivity contribution in [2.24, 2.45) is 0 Å². The summed E-state index contributed by atoms with van der Waals surface area (Å²) in [7, 11) is 0. The van der Waals surface area contributed by atoms with Gasteiger partial charge in [0.1, 0.15) is 0 Å². The molecular weight excluding hydrogens is 318 g/mol. The van der Waals surface area contributed by atoms with Gasteiger partial charge in [0.25, 0.3) is 0 Å². The number of aromatic nitrogens is 1. The van der Waals surface area contributed by atoms with Gasteiger partial charge >= 0.3 is 0 Å². The van der Waals surface area contributed by atoms with Gasteiger partial charge in [0, 0.05) is 16.9 Å². The summed E-state index contributed by atoms with van der Waals surface area (Å²) in [6.45, 7) is 0. The highest BCUT2D eigenvalue weighted by molar-refractivity contribution is 7.78. The summed E-state index contributed by atoms with van der Waals surface area (Å²) < 4.78 is 21.9. The number of nitrogens with zero attached hydrogens (tertiary/aromatic N) is 1. The molecular formula is C17H14ClNO2S. The van der Waals surface area contributed by atoms with Crippen molar-refractivity contribution in [2.75, 3.05) is 0 Å². The highest BCUT2D eigenvalue weighted by atomic mass is 35.5. The predicted molar refractivity (Wildman–Crippen MR) is 90.7 cm³/mol. The molecule has 0 saturated heterocycles. The zero-order valence-electron chi connectivity index (χ0n) is 11.6. The first-order valence-electron chi connectivity index (χ1n) is 6.73. The minimum absolute atomic E-state index is 0.151. The van der Waals surface area contributed by atoms with Crippen LogP contribution in [-0.2, 0) is 16.8 Å². The summed E-state index contributed by atoms with van der Waals surface area (Å²) >= 11 is 4.12. The first-order valence-corrected chi connectivity index (χ1v) is 8.39. The van der Waals surface area contributed by atoms with Crippen LogP contribution in [0.1, 0.15) is 5.56 Å². The van der Waals surface area contributed by atoms with E-state index in [0.29, 0.717) is 5.02 Å². The Morgan fingerprint density at radius 3 is 2.32 bits per heavy atom. The summed E-state index contributed by atoms with van der Waals surface area (Å²) in [6.07, 6.45) is 2.00. The van der Waals surface area contributed by atoms with Gasteiger partial charge in [-0.3, -0.25) is 0 Å². The molecule has 1 aromatic heterocycles. The molecule has 0 spiro atoms. The van der Waals surface area contributed by atoms with Crippen molar-refractivity contribution in [1.29, 1.82) is 0 Å². The maximum Gasteiger partial charge on any atom is 0.157 e. The molecule has 5 heteroatoms. The van der Waals surface area contributed by atoms with Crippen LogP contribution in [0.25, 0.3) is 16.9 Å². The molecule has 3 aromatic rings. The van der Waals surface area contributed by atoms with E-state index in [-0.39, 0.29) is 5.75 Å². The molecule has 2 aromatic carbocycles. The third kappa shape index (κ3) is 3.30. The molecule has 0 radical (unpaired) electrons. The second kappa shape index (κ2) is 6.48. The van der Waals surface area contributed by atoms with Crippen LogP contribution < -0.4 is 0 Å². The highest BCUT2D eigenvalue weighted by Gasteiger charge is 2.06. The molecule has 1 unspecified atom stereocenters. The molecule has 0 aliphatic rings. The fourth-order valence-electron chi connectivity index (χ4n) is 2.36. The summed E-state index contributed by atoms with van der Waals surface area (Å²) in [4.78, 5) is 0. The second-order valence-electron chi connectivity index (χ2n) is 4.90. The van der Waals surface area contributed by atoms with Gasteiger partial charge in [-0.2, -0.15) is 0 Å². The van der Waals surface area contributed by atoms with Crippen LogP contribution in [-0.4, -0.2) is 13.3 Å². The molecule has 1 atom stereocenters. The Balaban J connectivity index is 1.94. The molecule has 3 nitrogen and oxygen atoms in total. The summed E-state index contributed by atoms with van der Waals surface area (Å²) in [5.41, 5.74) is 3.98. The van der Waals surface area contributed by atoms with Crippen LogP contribution in [0.5, 0.6) is 0 Å². The monoisotopic (exact) mass is 331 g/mol. The molecule has 22 heavy (non-hydrogen) atoms. The molecule has 0 amide bonds. The lowest BCUT2D eigenvalue weighted by atomic mass is 10.1. The van der Waals surface area contributed by atoms with Crippen LogP contribution >= 0.6 is 11.6 Å². The molecule has 0 aliphatic carbocycles. The Bertz CT molecular complexity index is 794. The summed E-state index contributed by atoms with van der Waals surface area (Å²) in [6, 6.07) is 19.4. The van der Waals surface area contributed by atoms with Gasteiger partial charge in [-0.05, 0) is 47.5 Å². The Morgan fingerprint density at radius 2 is 1.68 bits per heavy atom. The van der Waals surface area contributed by atoms with Gasteiger partial charge in [0.05, 0.1) is 11.4 Å². The van der Waals surface area contributed by atoms with E-state index in [1.807, 2.05) is 66.9 Å². The van der Waals surface area contributed by atoms with Gasteiger partial charge in [0.2, 0.25) is 0 Å². The van der Waals surface area contributed by atoms with Crippen LogP contribution in [0.4, 0.5) is 0 Å². The van der Waals surface area contributed by atoms with Gasteiger partial charge in [-0.1, -0.05) is 35.9 Å². The van der Waals surface area contributed by atoms with E-state index in [0.717, 1.165) is 22.5 Å². The quantitative estimate of drug-likeness (QED) is 0.714. The van der Waals surface area contributed by atoms with Crippen molar-refractivity contribution in [1.82, 2.24) is 4.57 Å². The van der Waals surface area contributed by atoms with Gasteiger partial charge in [0.15, 0.2) is 11.1 Å². The average Bonchev–Trinajstić information content (AvgIpc) is 2.97. The maximum atomic E-state index is 10.8. The van der Waals surface area contributed by atoms with E-state index < -0.39 is 11.1 Å². The zero-order chi connectivity index (χ0) is 15.5. The fraction of sp³-hybridized carbons (Fsp3) is 0.0588. The first kappa shape index (κ1) is 15.0. The van der Waals surface area contributed by atoms with Crippen LogP contribution in [0.3, 0.4) is 0 Å². The lowest BCUT2D eigenvalue weighted by molar-refractivity contribution is 0.563. The topological polar surface area (TPSA) is 42.2 Å². The Morgan fingerprint density at radius 1 is 1.00 bits per heavy atom. The molecule has 0 fully saturated rings. The molecule has 1 N–H and O–H groups in total. The number of hydrogen-bond acceptors (Lipinski definition) is 1. The van der Waals surface area contributed by atoms with E-state index in [2.05, 4.69) is 4.57 Å². The van der Waals surface area contributed by atoms with E-state index in [1.54, 1.807) is 0 Å². The average molecular weight is 332 g/mol. The lowest BCUT2D eigenvalue weighted by Crippen LogP contribution is -1.96. The summed E-state index contributed by atoms with van der Waals surface area (Å²) in [5, 5.41) is 0.707. The molecule has 3 rings (SSSR count). The van der Waals surface area contributed by atoms with Crippen molar-refractivity contribution in [3.63, 3.8) is 0 Å². The van der Waals surface area contributed by atoms with Crippen molar-refractivity contribution < 1.29 is 8.76 Å². The third-order valence-corrected chi connectivity index (χ3v) is 4.23. The number of hydrogen-bond donors (Lipinski definition) is 1.